The number of nitrogens with zero attached hydrogens (tertiary/aromatic N) is 1. The molecule has 2 rings (SSSR count). The summed E-state index contributed by atoms with van der Waals surface area (Å²) in [6.45, 7) is 21.4. The minimum absolute atomic E-state index is 0.608. The van der Waals surface area contributed by atoms with E-state index < -0.39 is 0 Å². The van der Waals surface area contributed by atoms with Crippen LogP contribution >= 0.6 is 11.8 Å². The molecular formula is C25H39NS. The van der Waals surface area contributed by atoms with Gasteiger partial charge in [0, 0.05) is 23.2 Å². The first kappa shape index (κ1) is 27.5. The Kier molecular flexibility index (Phi) is 19.4. The molecule has 0 aromatic carbocycles. The van der Waals surface area contributed by atoms with Crippen LogP contribution in [0, 0.1) is 17.8 Å². The number of hydrogen-bond donors (Lipinski definition) is 0. The molecule has 0 saturated carbocycles. The highest BCUT2D eigenvalue weighted by atomic mass is 32.2. The smallest absolute Gasteiger partial charge is 0.0434 e. The Morgan fingerprint density at radius 2 is 1.85 bits per heavy atom. The van der Waals surface area contributed by atoms with Gasteiger partial charge in [-0.2, -0.15) is 0 Å². The van der Waals surface area contributed by atoms with Crippen molar-refractivity contribution >= 4 is 17.3 Å². The Balaban J connectivity index is 0. The van der Waals surface area contributed by atoms with E-state index in [0.29, 0.717) is 11.2 Å². The van der Waals surface area contributed by atoms with E-state index in [-0.39, 0.29) is 0 Å². The molecule has 2 atom stereocenters. The second-order valence-corrected chi connectivity index (χ2v) is 6.88. The predicted molar refractivity (Wildman–Crippen MR) is 128 cm³/mol. The van der Waals surface area contributed by atoms with Gasteiger partial charge in [0.1, 0.15) is 0 Å². The Hall–Kier alpha value is -1.72. The van der Waals surface area contributed by atoms with Gasteiger partial charge in [-0.3, -0.25) is 4.98 Å². The van der Waals surface area contributed by atoms with Crippen LogP contribution in [0.15, 0.2) is 49.2 Å². The summed E-state index contributed by atoms with van der Waals surface area (Å²) in [5.74, 6) is 6.59. The van der Waals surface area contributed by atoms with E-state index in [2.05, 4.69) is 62.2 Å². The third kappa shape index (κ3) is 11.6. The number of aromatic nitrogens is 1. The van der Waals surface area contributed by atoms with Crippen LogP contribution in [0.2, 0.25) is 0 Å². The fourth-order valence-corrected chi connectivity index (χ4v) is 3.63. The van der Waals surface area contributed by atoms with E-state index in [1.165, 1.54) is 24.0 Å². The molecule has 2 heteroatoms. The van der Waals surface area contributed by atoms with Gasteiger partial charge in [0.05, 0.1) is 0 Å². The Morgan fingerprint density at radius 1 is 1.22 bits per heavy atom. The summed E-state index contributed by atoms with van der Waals surface area (Å²) >= 11 is 1.95. The van der Waals surface area contributed by atoms with E-state index in [4.69, 9.17) is 0 Å². The van der Waals surface area contributed by atoms with Crippen molar-refractivity contribution < 1.29 is 0 Å². The second kappa shape index (κ2) is 19.1. The number of thioether (sulfide) groups is 1. The van der Waals surface area contributed by atoms with Crippen molar-refractivity contribution in [1.82, 2.24) is 4.98 Å². The van der Waals surface area contributed by atoms with Gasteiger partial charge in [-0.25, -0.2) is 0 Å². The molecule has 1 aromatic heterocycles. The summed E-state index contributed by atoms with van der Waals surface area (Å²) < 4.78 is 0. The monoisotopic (exact) mass is 385 g/mol. The molecule has 0 aliphatic carbocycles. The van der Waals surface area contributed by atoms with Crippen molar-refractivity contribution in [2.75, 3.05) is 0 Å². The SMILES string of the molecule is C=CC.C=CCCC.CC.CC#Cc1cncc(C2=CS[C@H](CC)C2C)c1. The largest absolute Gasteiger partial charge is 0.263 e. The molecule has 2 heterocycles. The van der Waals surface area contributed by atoms with Gasteiger partial charge >= 0.3 is 0 Å². The van der Waals surface area contributed by atoms with Gasteiger partial charge < -0.3 is 0 Å². The van der Waals surface area contributed by atoms with Gasteiger partial charge in [0.2, 0.25) is 0 Å². The third-order valence-electron chi connectivity index (χ3n) is 3.65. The minimum atomic E-state index is 0.608. The summed E-state index contributed by atoms with van der Waals surface area (Å²) in [5.41, 5.74) is 3.64. The van der Waals surface area contributed by atoms with E-state index in [9.17, 15) is 0 Å². The average molecular weight is 386 g/mol. The summed E-state index contributed by atoms with van der Waals surface area (Å²) in [5, 5.41) is 3.00. The molecule has 150 valence electrons. The van der Waals surface area contributed by atoms with Crippen molar-refractivity contribution in [3.05, 3.63) is 60.3 Å². The first-order valence-electron chi connectivity index (χ1n) is 10.0. The zero-order chi connectivity index (χ0) is 21.1. The lowest BCUT2D eigenvalue weighted by atomic mass is 9.92. The Morgan fingerprint density at radius 3 is 2.26 bits per heavy atom. The molecular weight excluding hydrogens is 346 g/mol. The molecule has 0 radical (unpaired) electrons. The first-order chi connectivity index (χ1) is 13.1. The number of unbranched alkanes of at least 4 members (excludes halogenated alkanes) is 1. The molecule has 0 bridgehead atoms. The van der Waals surface area contributed by atoms with Crippen LogP contribution in [0.1, 0.15) is 78.9 Å². The molecule has 27 heavy (non-hydrogen) atoms. The van der Waals surface area contributed by atoms with Crippen molar-refractivity contribution in [2.45, 2.75) is 73.0 Å². The highest BCUT2D eigenvalue weighted by Crippen LogP contribution is 2.42. The molecule has 1 aliphatic rings. The fourth-order valence-electron chi connectivity index (χ4n) is 2.38. The van der Waals surface area contributed by atoms with Crippen LogP contribution < -0.4 is 0 Å². The van der Waals surface area contributed by atoms with Crippen molar-refractivity contribution in [2.24, 2.45) is 5.92 Å². The first-order valence-corrected chi connectivity index (χ1v) is 10.9. The molecule has 0 N–H and O–H groups in total. The highest BCUT2D eigenvalue weighted by Gasteiger charge is 2.26. The molecule has 0 fully saturated rings. The molecule has 0 spiro atoms. The van der Waals surface area contributed by atoms with E-state index >= 15 is 0 Å². The van der Waals surface area contributed by atoms with Gasteiger partial charge in [-0.05, 0) is 55.2 Å². The molecule has 1 unspecified atom stereocenters. The number of rotatable bonds is 4. The van der Waals surface area contributed by atoms with Gasteiger partial charge in [-0.1, -0.05) is 59.1 Å². The average Bonchev–Trinajstić information content (AvgIpc) is 3.06. The van der Waals surface area contributed by atoms with Crippen LogP contribution in [0.3, 0.4) is 0 Å². The van der Waals surface area contributed by atoms with E-state index in [0.717, 1.165) is 12.0 Å². The normalized spacial score (nSPS) is 16.5. The maximum Gasteiger partial charge on any atom is 0.0434 e. The maximum absolute atomic E-state index is 4.28. The van der Waals surface area contributed by atoms with E-state index in [1.54, 1.807) is 6.08 Å². The molecule has 1 aliphatic heterocycles. The lowest BCUT2D eigenvalue weighted by molar-refractivity contribution is 0.679. The van der Waals surface area contributed by atoms with Crippen molar-refractivity contribution in [3.8, 4) is 11.8 Å². The lowest BCUT2D eigenvalue weighted by Crippen LogP contribution is -2.09. The topological polar surface area (TPSA) is 12.9 Å². The Bertz CT molecular complexity index is 604. The summed E-state index contributed by atoms with van der Waals surface area (Å²) in [4.78, 5) is 4.28. The van der Waals surface area contributed by atoms with Gasteiger partial charge in [0.25, 0.3) is 0 Å². The van der Waals surface area contributed by atoms with Crippen LogP contribution in [0.5, 0.6) is 0 Å². The number of pyridine rings is 1. The quantitative estimate of drug-likeness (QED) is 0.383. The van der Waals surface area contributed by atoms with Crippen molar-refractivity contribution in [1.29, 1.82) is 0 Å². The van der Waals surface area contributed by atoms with Crippen LogP contribution in [-0.2, 0) is 0 Å². The predicted octanol–water partition coefficient (Wildman–Crippen LogP) is 8.15. The number of hydrogen-bond acceptors (Lipinski definition) is 2. The van der Waals surface area contributed by atoms with Crippen molar-refractivity contribution in [3.63, 3.8) is 0 Å². The van der Waals surface area contributed by atoms with E-state index in [1.807, 2.05) is 57.9 Å². The molecule has 0 saturated heterocycles. The molecule has 1 aromatic rings. The maximum atomic E-state index is 4.28. The Labute approximate surface area is 173 Å². The summed E-state index contributed by atoms with van der Waals surface area (Å²) in [6, 6.07) is 2.14. The fraction of sp³-hybridized carbons (Fsp3) is 0.480. The standard InChI is InChI=1S/C15H17NS.C5H10.C3H6.C2H6/c1-4-6-12-7-13(9-16-8-12)14-10-17-15(5-2)11(14)3;1-3-5-4-2;1-3-2;1-2/h7-11,15H,5H2,1-3H3;3H,1,4-5H2,2H3;3H,1H2,2H3;1-2H3/t11?,15-;;;/m1.../s1. The van der Waals surface area contributed by atoms with Gasteiger partial charge in [0.15, 0.2) is 0 Å². The van der Waals surface area contributed by atoms with Gasteiger partial charge in [-0.15, -0.1) is 30.8 Å². The molecule has 0 amide bonds. The van der Waals surface area contributed by atoms with Crippen LogP contribution in [0.4, 0.5) is 0 Å². The van der Waals surface area contributed by atoms with Crippen LogP contribution in [0.25, 0.3) is 5.57 Å². The number of allylic oxidation sites excluding steroid dienone is 3. The zero-order valence-corrected chi connectivity index (χ0v) is 19.3. The minimum Gasteiger partial charge on any atom is -0.263 e. The highest BCUT2D eigenvalue weighted by molar-refractivity contribution is 8.03. The summed E-state index contributed by atoms with van der Waals surface area (Å²) in [6.07, 6.45) is 11.0. The third-order valence-corrected chi connectivity index (χ3v) is 5.14. The lowest BCUT2D eigenvalue weighted by Gasteiger charge is -2.15. The molecule has 1 nitrogen and oxygen atoms in total. The summed E-state index contributed by atoms with van der Waals surface area (Å²) in [7, 11) is 0. The van der Waals surface area contributed by atoms with Crippen LogP contribution in [-0.4, -0.2) is 10.2 Å². The second-order valence-electron chi connectivity index (χ2n) is 5.77. The zero-order valence-electron chi connectivity index (χ0n) is 18.5.